The van der Waals surface area contributed by atoms with Crippen LogP contribution in [-0.2, 0) is 33.6 Å². The van der Waals surface area contributed by atoms with Crippen LogP contribution in [0.15, 0.2) is 0 Å². The molecule has 2 rings (SSSR count). The first-order valence-electron chi connectivity index (χ1n) is 15.0. The van der Waals surface area contributed by atoms with Gasteiger partial charge in [-0.05, 0) is 44.1 Å². The number of nitrogens with one attached hydrogen (secondary N) is 3. The number of hydroxylamine groups is 2. The van der Waals surface area contributed by atoms with Gasteiger partial charge in [0.2, 0.25) is 17.7 Å². The summed E-state index contributed by atoms with van der Waals surface area (Å²) in [5.41, 5.74) is 0. The zero-order valence-electron chi connectivity index (χ0n) is 26.2. The van der Waals surface area contributed by atoms with Crippen molar-refractivity contribution < 1.29 is 33.6 Å². The minimum atomic E-state index is -1.14. The Balaban J connectivity index is 2.11. The smallest absolute Gasteiger partial charge is 0.343 e. The normalized spacial score (nSPS) is 18.8. The van der Waals surface area contributed by atoms with Gasteiger partial charge in [-0.2, -0.15) is 0 Å². The predicted octanol–water partition coefficient (Wildman–Crippen LogP) is 0.434. The molecule has 13 heteroatoms. The molecular weight excluding hydrogens is 544 g/mol. The first kappa shape index (κ1) is 35.1. The molecule has 2 heterocycles. The van der Waals surface area contributed by atoms with Crippen LogP contribution < -0.4 is 16.0 Å². The highest BCUT2D eigenvalue weighted by Gasteiger charge is 2.37. The van der Waals surface area contributed by atoms with Gasteiger partial charge in [-0.3, -0.25) is 28.9 Å². The van der Waals surface area contributed by atoms with Crippen molar-refractivity contribution in [3.63, 3.8) is 0 Å². The zero-order valence-corrected chi connectivity index (χ0v) is 26.2. The zero-order chi connectivity index (χ0) is 31.6. The van der Waals surface area contributed by atoms with Crippen LogP contribution in [0.4, 0.5) is 0 Å². The molecule has 0 saturated carbocycles. The fraction of sp³-hybridized carbons (Fsp3) is 0.793. The topological polar surface area (TPSA) is 157 Å². The number of likely N-dealkylation sites (N-methyl/N-ethyl adjacent to an activating group) is 1. The maximum Gasteiger partial charge on any atom is 0.355 e. The summed E-state index contributed by atoms with van der Waals surface area (Å²) in [4.78, 5) is 85.9. The standard InChI is InChI=1S/C29H50N6O7/c1-18(2)14-21(30-24(36)17-34-12-10-33(7)11-13-34)27(39)31-22(15-19(3)4)28(40)32-23(16-20(5)6)29(41)42-35-25(37)8-9-26(35)38/h18-23H,8-17H2,1-7H3,(H,30,36)(H,31,39)(H,32,40). The Morgan fingerprint density at radius 2 is 1.12 bits per heavy atom. The van der Waals surface area contributed by atoms with E-state index >= 15 is 0 Å². The summed E-state index contributed by atoms with van der Waals surface area (Å²) in [5.74, 6) is -3.39. The minimum Gasteiger partial charge on any atom is -0.343 e. The molecule has 0 spiro atoms. The third-order valence-electron chi connectivity index (χ3n) is 7.16. The Kier molecular flexibility index (Phi) is 13.8. The lowest BCUT2D eigenvalue weighted by Gasteiger charge is -2.32. The van der Waals surface area contributed by atoms with Gasteiger partial charge in [-0.25, -0.2) is 4.79 Å². The molecule has 2 aliphatic rings. The minimum absolute atomic E-state index is 0.0202. The third kappa shape index (κ3) is 11.7. The molecule has 2 saturated heterocycles. The highest BCUT2D eigenvalue weighted by atomic mass is 16.7. The Bertz CT molecular complexity index is 962. The van der Waals surface area contributed by atoms with E-state index < -0.39 is 47.7 Å². The molecular formula is C29H50N6O7. The number of piperazine rings is 1. The number of hydrogen-bond donors (Lipinski definition) is 3. The van der Waals surface area contributed by atoms with Crippen molar-refractivity contribution in [3.05, 3.63) is 0 Å². The number of carbonyl (C=O) groups is 6. The van der Waals surface area contributed by atoms with Crippen LogP contribution in [0, 0.1) is 17.8 Å². The average molecular weight is 595 g/mol. The lowest BCUT2D eigenvalue weighted by molar-refractivity contribution is -0.199. The van der Waals surface area contributed by atoms with Crippen molar-refractivity contribution in [2.75, 3.05) is 39.8 Å². The summed E-state index contributed by atoms with van der Waals surface area (Å²) < 4.78 is 0. The van der Waals surface area contributed by atoms with Gasteiger partial charge in [0.1, 0.15) is 18.1 Å². The van der Waals surface area contributed by atoms with Gasteiger partial charge in [0.25, 0.3) is 11.8 Å². The first-order valence-corrected chi connectivity index (χ1v) is 15.0. The number of hydrogen-bond acceptors (Lipinski definition) is 9. The molecule has 0 aromatic carbocycles. The van der Waals surface area contributed by atoms with Gasteiger partial charge >= 0.3 is 5.97 Å². The van der Waals surface area contributed by atoms with Crippen molar-refractivity contribution >= 4 is 35.5 Å². The quantitative estimate of drug-likeness (QED) is 0.229. The van der Waals surface area contributed by atoms with Crippen molar-refractivity contribution in [1.29, 1.82) is 0 Å². The number of nitrogens with zero attached hydrogens (tertiary/aromatic N) is 3. The van der Waals surface area contributed by atoms with Crippen LogP contribution in [0.3, 0.4) is 0 Å². The Hall–Kier alpha value is -3.06. The van der Waals surface area contributed by atoms with E-state index in [9.17, 15) is 28.8 Å². The van der Waals surface area contributed by atoms with Gasteiger partial charge < -0.3 is 25.7 Å². The van der Waals surface area contributed by atoms with E-state index in [1.54, 1.807) is 0 Å². The summed E-state index contributed by atoms with van der Waals surface area (Å²) in [5, 5.41) is 8.77. The van der Waals surface area contributed by atoms with E-state index in [1.807, 2.05) is 53.5 Å². The van der Waals surface area contributed by atoms with Crippen LogP contribution in [0.2, 0.25) is 0 Å². The number of imide groups is 1. The molecule has 42 heavy (non-hydrogen) atoms. The van der Waals surface area contributed by atoms with Crippen molar-refractivity contribution in [2.45, 2.75) is 91.8 Å². The fourth-order valence-electron chi connectivity index (χ4n) is 4.90. The second-order valence-corrected chi connectivity index (χ2v) is 12.7. The average Bonchev–Trinajstić information content (AvgIpc) is 3.20. The summed E-state index contributed by atoms with van der Waals surface area (Å²) in [6.45, 7) is 14.9. The second-order valence-electron chi connectivity index (χ2n) is 12.7. The largest absolute Gasteiger partial charge is 0.355 e. The second kappa shape index (κ2) is 16.5. The van der Waals surface area contributed by atoms with Crippen molar-refractivity contribution in [1.82, 2.24) is 30.8 Å². The van der Waals surface area contributed by atoms with Gasteiger partial charge in [0.05, 0.1) is 6.54 Å². The highest BCUT2D eigenvalue weighted by Crippen LogP contribution is 2.16. The third-order valence-corrected chi connectivity index (χ3v) is 7.16. The monoisotopic (exact) mass is 594 g/mol. The lowest BCUT2D eigenvalue weighted by atomic mass is 9.99. The predicted molar refractivity (Wildman–Crippen MR) is 155 cm³/mol. The van der Waals surface area contributed by atoms with Crippen molar-refractivity contribution in [3.8, 4) is 0 Å². The molecule has 3 atom stereocenters. The Morgan fingerprint density at radius 3 is 1.60 bits per heavy atom. The number of amides is 5. The van der Waals surface area contributed by atoms with Gasteiger partial charge in [-0.15, -0.1) is 5.06 Å². The van der Waals surface area contributed by atoms with Crippen LogP contribution in [0.25, 0.3) is 0 Å². The van der Waals surface area contributed by atoms with Gasteiger partial charge in [0, 0.05) is 39.0 Å². The summed E-state index contributed by atoms with van der Waals surface area (Å²) in [6.07, 6.45) is 0.782. The maximum atomic E-state index is 13.5. The molecule has 0 aliphatic carbocycles. The molecule has 0 radical (unpaired) electrons. The van der Waals surface area contributed by atoms with Crippen LogP contribution in [-0.4, -0.2) is 108 Å². The first-order chi connectivity index (χ1) is 19.7. The van der Waals surface area contributed by atoms with E-state index in [-0.39, 0.29) is 55.9 Å². The highest BCUT2D eigenvalue weighted by molar-refractivity contribution is 6.02. The van der Waals surface area contributed by atoms with Crippen LogP contribution in [0.5, 0.6) is 0 Å². The van der Waals surface area contributed by atoms with Crippen molar-refractivity contribution in [2.24, 2.45) is 17.8 Å². The van der Waals surface area contributed by atoms with E-state index in [1.165, 1.54) is 0 Å². The maximum absolute atomic E-state index is 13.5. The van der Waals surface area contributed by atoms with E-state index in [2.05, 4.69) is 20.9 Å². The molecule has 0 aromatic heterocycles. The fourth-order valence-corrected chi connectivity index (χ4v) is 4.90. The van der Waals surface area contributed by atoms with E-state index in [4.69, 9.17) is 4.84 Å². The molecule has 2 aliphatic heterocycles. The van der Waals surface area contributed by atoms with E-state index in [0.29, 0.717) is 11.5 Å². The van der Waals surface area contributed by atoms with Gasteiger partial charge in [0.15, 0.2) is 0 Å². The van der Waals surface area contributed by atoms with E-state index in [0.717, 1.165) is 26.2 Å². The molecule has 13 nitrogen and oxygen atoms in total. The summed E-state index contributed by atoms with van der Waals surface area (Å²) in [7, 11) is 2.04. The van der Waals surface area contributed by atoms with Gasteiger partial charge in [-0.1, -0.05) is 41.5 Å². The van der Waals surface area contributed by atoms with Crippen LogP contribution >= 0.6 is 0 Å². The molecule has 238 valence electrons. The Labute approximate surface area is 249 Å². The Morgan fingerprint density at radius 1 is 0.690 bits per heavy atom. The summed E-state index contributed by atoms with van der Waals surface area (Å²) >= 11 is 0. The molecule has 5 amide bonds. The molecule has 2 fully saturated rings. The molecule has 0 aromatic rings. The van der Waals surface area contributed by atoms with Crippen LogP contribution in [0.1, 0.15) is 73.6 Å². The summed E-state index contributed by atoms with van der Waals surface area (Å²) in [6, 6.07) is -2.96. The molecule has 3 N–H and O–H groups in total. The lowest BCUT2D eigenvalue weighted by Crippen LogP contribution is -2.57. The number of rotatable bonds is 15. The molecule has 3 unspecified atom stereocenters. The number of carbonyl (C=O) groups excluding carboxylic acids is 6. The SMILES string of the molecule is CC(C)CC(NC(=O)CN1CCN(C)CC1)C(=O)NC(CC(C)C)C(=O)NC(CC(C)C)C(=O)ON1C(=O)CCC1=O. The molecule has 0 bridgehead atoms.